The Morgan fingerprint density at radius 3 is 2.58 bits per heavy atom. The number of nitrogens with one attached hydrogen (secondary N) is 1. The third kappa shape index (κ3) is 3.31. The Bertz CT molecular complexity index is 954. The van der Waals surface area contributed by atoms with E-state index in [0.29, 0.717) is 5.56 Å². The fourth-order valence-corrected chi connectivity index (χ4v) is 3.04. The molecule has 0 saturated carbocycles. The van der Waals surface area contributed by atoms with E-state index in [1.807, 2.05) is 49.7 Å². The van der Waals surface area contributed by atoms with Crippen LogP contribution in [-0.2, 0) is 5.54 Å². The maximum absolute atomic E-state index is 13.0. The zero-order valence-electron chi connectivity index (χ0n) is 16.2. The molecule has 1 atom stereocenters. The predicted molar refractivity (Wildman–Crippen MR) is 102 cm³/mol. The molecule has 3 rings (SSSR count). The average Bonchev–Trinajstić information content (AvgIpc) is 2.91. The maximum Gasteiger partial charge on any atom is 0.252 e. The first-order chi connectivity index (χ1) is 12.2. The summed E-state index contributed by atoms with van der Waals surface area (Å²) in [4.78, 5) is 22.0. The van der Waals surface area contributed by atoms with Gasteiger partial charge in [0.05, 0.1) is 33.9 Å². The summed E-state index contributed by atoms with van der Waals surface area (Å²) in [6, 6.07) is 7.31. The third-order valence-electron chi connectivity index (χ3n) is 4.30. The van der Waals surface area contributed by atoms with Crippen molar-refractivity contribution in [3.05, 3.63) is 53.1 Å². The van der Waals surface area contributed by atoms with Gasteiger partial charge >= 0.3 is 0 Å². The van der Waals surface area contributed by atoms with Gasteiger partial charge in [-0.25, -0.2) is 9.67 Å². The molecule has 0 saturated heterocycles. The number of fused-ring (bicyclic) bond motifs is 1. The molecule has 0 spiro atoms. The van der Waals surface area contributed by atoms with Crippen LogP contribution in [0.4, 0.5) is 0 Å². The molecule has 136 valence electrons. The highest BCUT2D eigenvalue weighted by atomic mass is 16.1. The first-order valence-corrected chi connectivity index (χ1v) is 8.77. The van der Waals surface area contributed by atoms with E-state index >= 15 is 0 Å². The smallest absolute Gasteiger partial charge is 0.252 e. The first-order valence-electron chi connectivity index (χ1n) is 8.77. The molecule has 0 aliphatic carbocycles. The lowest BCUT2D eigenvalue weighted by atomic mass is 10.1. The van der Waals surface area contributed by atoms with Crippen molar-refractivity contribution in [3.8, 4) is 0 Å². The van der Waals surface area contributed by atoms with Crippen LogP contribution in [0.25, 0.3) is 11.0 Å². The zero-order chi connectivity index (χ0) is 19.1. The molecule has 0 unspecified atom stereocenters. The van der Waals surface area contributed by atoms with Crippen molar-refractivity contribution in [1.29, 1.82) is 0 Å². The molecule has 0 aromatic carbocycles. The molecule has 0 fully saturated rings. The van der Waals surface area contributed by atoms with Crippen LogP contribution in [0.5, 0.6) is 0 Å². The summed E-state index contributed by atoms with van der Waals surface area (Å²) in [5.74, 6) is -0.143. The minimum Gasteiger partial charge on any atom is -0.344 e. The van der Waals surface area contributed by atoms with Gasteiger partial charge in [0.15, 0.2) is 5.65 Å². The monoisotopic (exact) mass is 351 g/mol. The van der Waals surface area contributed by atoms with Gasteiger partial charge in [0, 0.05) is 11.9 Å². The molecule has 3 heterocycles. The van der Waals surface area contributed by atoms with Gasteiger partial charge in [-0.2, -0.15) is 5.10 Å². The minimum absolute atomic E-state index is 0.143. The van der Waals surface area contributed by atoms with E-state index in [1.54, 1.807) is 6.20 Å². The summed E-state index contributed by atoms with van der Waals surface area (Å²) in [5.41, 5.74) is 3.54. The molecule has 0 radical (unpaired) electrons. The van der Waals surface area contributed by atoms with Crippen LogP contribution < -0.4 is 5.32 Å². The SMILES string of the molecule is Cc1cc(C(=O)N[C@@H](C)c2ccccn2)c2c(C)nn(C(C)(C)C)c2n1. The van der Waals surface area contributed by atoms with Crippen LogP contribution in [0.2, 0.25) is 0 Å². The molecule has 0 aliphatic heterocycles. The number of nitrogens with zero attached hydrogens (tertiary/aromatic N) is 4. The standard InChI is InChI=1S/C20H25N5O/c1-12-11-15(19(26)23-13(2)16-9-7-8-10-21-16)17-14(3)24-25(18(17)22-12)20(4,5)6/h7-11,13H,1-6H3,(H,23,26)/t13-/m0/s1. The van der Waals surface area contributed by atoms with Gasteiger partial charge in [-0.1, -0.05) is 6.07 Å². The van der Waals surface area contributed by atoms with Crippen LogP contribution in [0.3, 0.4) is 0 Å². The highest BCUT2D eigenvalue weighted by Crippen LogP contribution is 2.27. The number of hydrogen-bond donors (Lipinski definition) is 1. The van der Waals surface area contributed by atoms with Crippen molar-refractivity contribution in [2.24, 2.45) is 0 Å². The highest BCUT2D eigenvalue weighted by molar-refractivity contribution is 6.06. The molecular weight excluding hydrogens is 326 g/mol. The number of aromatic nitrogens is 4. The van der Waals surface area contributed by atoms with Gasteiger partial charge in [-0.3, -0.25) is 9.78 Å². The van der Waals surface area contributed by atoms with Gasteiger partial charge in [0.2, 0.25) is 0 Å². The number of carbonyl (C=O) groups excluding carboxylic acids is 1. The van der Waals surface area contributed by atoms with Crippen LogP contribution in [-0.4, -0.2) is 25.7 Å². The van der Waals surface area contributed by atoms with Crippen molar-refractivity contribution < 1.29 is 4.79 Å². The van der Waals surface area contributed by atoms with E-state index in [2.05, 4.69) is 41.2 Å². The molecule has 1 amide bonds. The molecule has 0 bridgehead atoms. The molecule has 1 N–H and O–H groups in total. The fraction of sp³-hybridized carbons (Fsp3) is 0.400. The Morgan fingerprint density at radius 2 is 1.96 bits per heavy atom. The highest BCUT2D eigenvalue weighted by Gasteiger charge is 2.24. The molecule has 3 aromatic rings. The van der Waals surface area contributed by atoms with Gasteiger partial charge in [-0.15, -0.1) is 0 Å². The Kier molecular flexibility index (Phi) is 4.52. The van der Waals surface area contributed by atoms with E-state index in [9.17, 15) is 4.79 Å². The summed E-state index contributed by atoms with van der Waals surface area (Å²) in [5, 5.41) is 8.49. The fourth-order valence-electron chi connectivity index (χ4n) is 3.04. The molecule has 0 aliphatic rings. The topological polar surface area (TPSA) is 72.7 Å². The summed E-state index contributed by atoms with van der Waals surface area (Å²) < 4.78 is 1.89. The second kappa shape index (κ2) is 6.52. The average molecular weight is 351 g/mol. The lowest BCUT2D eigenvalue weighted by Gasteiger charge is -2.20. The van der Waals surface area contributed by atoms with Crippen molar-refractivity contribution in [1.82, 2.24) is 25.1 Å². The number of amides is 1. The van der Waals surface area contributed by atoms with Crippen molar-refractivity contribution in [2.45, 2.75) is 53.1 Å². The van der Waals surface area contributed by atoms with Crippen molar-refractivity contribution in [2.75, 3.05) is 0 Å². The van der Waals surface area contributed by atoms with Gasteiger partial charge < -0.3 is 5.32 Å². The molecule has 6 heteroatoms. The molecule has 3 aromatic heterocycles. The lowest BCUT2D eigenvalue weighted by Crippen LogP contribution is -2.28. The second-order valence-corrected chi connectivity index (χ2v) is 7.63. The zero-order valence-corrected chi connectivity index (χ0v) is 16.2. The lowest BCUT2D eigenvalue weighted by molar-refractivity contribution is 0.0940. The summed E-state index contributed by atoms with van der Waals surface area (Å²) in [7, 11) is 0. The summed E-state index contributed by atoms with van der Waals surface area (Å²) >= 11 is 0. The minimum atomic E-state index is -0.220. The Balaban J connectivity index is 2.05. The van der Waals surface area contributed by atoms with E-state index in [-0.39, 0.29) is 17.5 Å². The maximum atomic E-state index is 13.0. The van der Waals surface area contributed by atoms with Crippen LogP contribution >= 0.6 is 0 Å². The number of pyridine rings is 2. The largest absolute Gasteiger partial charge is 0.344 e. The summed E-state index contributed by atoms with van der Waals surface area (Å²) in [6.07, 6.45) is 1.73. The number of carbonyl (C=O) groups is 1. The van der Waals surface area contributed by atoms with Crippen molar-refractivity contribution >= 4 is 16.9 Å². The van der Waals surface area contributed by atoms with Gasteiger partial charge in [0.25, 0.3) is 5.91 Å². The van der Waals surface area contributed by atoms with Crippen molar-refractivity contribution in [3.63, 3.8) is 0 Å². The first kappa shape index (κ1) is 18.0. The number of aryl methyl sites for hydroxylation is 2. The normalized spacial score (nSPS) is 13.0. The number of hydrogen-bond acceptors (Lipinski definition) is 4. The van der Waals surface area contributed by atoms with Gasteiger partial charge in [-0.05, 0) is 59.7 Å². The van der Waals surface area contributed by atoms with E-state index in [4.69, 9.17) is 0 Å². The van der Waals surface area contributed by atoms with E-state index in [0.717, 1.165) is 28.1 Å². The van der Waals surface area contributed by atoms with E-state index in [1.165, 1.54) is 0 Å². The molecule has 26 heavy (non-hydrogen) atoms. The Morgan fingerprint density at radius 1 is 1.23 bits per heavy atom. The molecular formula is C20H25N5O. The Labute approximate surface area is 153 Å². The van der Waals surface area contributed by atoms with Crippen LogP contribution in [0, 0.1) is 13.8 Å². The quantitative estimate of drug-likeness (QED) is 0.781. The van der Waals surface area contributed by atoms with Crippen LogP contribution in [0.1, 0.15) is 61.2 Å². The predicted octanol–water partition coefficient (Wildman–Crippen LogP) is 3.69. The number of rotatable bonds is 3. The second-order valence-electron chi connectivity index (χ2n) is 7.63. The Hall–Kier alpha value is -2.76. The van der Waals surface area contributed by atoms with Crippen LogP contribution in [0.15, 0.2) is 30.5 Å². The molecule has 6 nitrogen and oxygen atoms in total. The summed E-state index contributed by atoms with van der Waals surface area (Å²) in [6.45, 7) is 12.0. The van der Waals surface area contributed by atoms with E-state index < -0.39 is 0 Å². The van der Waals surface area contributed by atoms with Gasteiger partial charge in [0.1, 0.15) is 0 Å². The third-order valence-corrected chi connectivity index (χ3v) is 4.30.